The number of pyridine rings is 1. The lowest BCUT2D eigenvalue weighted by molar-refractivity contribution is -0.385. The van der Waals surface area contributed by atoms with Gasteiger partial charge >= 0.3 is 5.97 Å². The first-order chi connectivity index (χ1) is 13.5. The number of nitrogens with zero attached hydrogens (tertiary/aromatic N) is 2. The molecule has 1 aromatic heterocycles. The summed E-state index contributed by atoms with van der Waals surface area (Å²) in [5, 5.41) is 13.7. The summed E-state index contributed by atoms with van der Waals surface area (Å²) in [6.45, 7) is 4.32. The number of nitro groups is 1. The van der Waals surface area contributed by atoms with Crippen LogP contribution in [-0.2, 0) is 9.53 Å². The number of esters is 1. The van der Waals surface area contributed by atoms with Gasteiger partial charge in [0, 0.05) is 6.07 Å². The van der Waals surface area contributed by atoms with Gasteiger partial charge in [-0.3, -0.25) is 10.1 Å². The van der Waals surface area contributed by atoms with Gasteiger partial charge in [0.05, 0.1) is 17.6 Å². The summed E-state index contributed by atoms with van der Waals surface area (Å²) in [7, 11) is 0. The minimum absolute atomic E-state index is 0.0866. The van der Waals surface area contributed by atoms with Gasteiger partial charge in [0.15, 0.2) is 6.61 Å². The average Bonchev–Trinajstić information content (AvgIpc) is 2.71. The first-order valence-corrected chi connectivity index (χ1v) is 8.90. The Morgan fingerprint density at radius 3 is 2.36 bits per heavy atom. The van der Waals surface area contributed by atoms with Crippen molar-refractivity contribution in [2.24, 2.45) is 0 Å². The number of carbonyl (C=O) groups is 1. The van der Waals surface area contributed by atoms with E-state index in [-0.39, 0.29) is 24.9 Å². The number of hydrogen-bond donors (Lipinski definition) is 1. The lowest BCUT2D eigenvalue weighted by Gasteiger charge is -2.17. The van der Waals surface area contributed by atoms with Crippen molar-refractivity contribution in [2.45, 2.75) is 26.3 Å². The van der Waals surface area contributed by atoms with Gasteiger partial charge in [-0.2, -0.15) is 0 Å². The van der Waals surface area contributed by atoms with Gasteiger partial charge < -0.3 is 19.5 Å². The van der Waals surface area contributed by atoms with E-state index in [2.05, 4.69) is 10.3 Å². The molecular weight excluding hydrogens is 366 g/mol. The summed E-state index contributed by atoms with van der Waals surface area (Å²) in [4.78, 5) is 26.0. The molecule has 2 rings (SSSR count). The maximum absolute atomic E-state index is 11.9. The van der Waals surface area contributed by atoms with Crippen LogP contribution < -0.4 is 14.8 Å². The van der Waals surface area contributed by atoms with E-state index in [1.165, 1.54) is 18.3 Å². The molecule has 0 amide bonds. The Labute approximate surface area is 162 Å². The molecule has 0 fully saturated rings. The Balaban J connectivity index is 1.75. The van der Waals surface area contributed by atoms with Crippen LogP contribution >= 0.6 is 0 Å². The van der Waals surface area contributed by atoms with E-state index in [1.807, 2.05) is 13.8 Å². The zero-order chi connectivity index (χ0) is 20.4. The zero-order valence-electron chi connectivity index (χ0n) is 15.8. The number of ether oxygens (including phenoxy) is 3. The van der Waals surface area contributed by atoms with Gasteiger partial charge in [-0.25, -0.2) is 9.78 Å². The summed E-state index contributed by atoms with van der Waals surface area (Å²) in [5.41, 5.74) is -0.0866. The van der Waals surface area contributed by atoms with Crippen LogP contribution in [0.4, 0.5) is 11.5 Å². The molecule has 0 bridgehead atoms. The molecule has 0 spiro atoms. The number of nitrogens with one attached hydrogen (secondary N) is 1. The molecule has 150 valence electrons. The minimum atomic E-state index is -0.514. The maximum Gasteiger partial charge on any atom is 0.344 e. The summed E-state index contributed by atoms with van der Waals surface area (Å²) in [5.74, 6) is 1.25. The van der Waals surface area contributed by atoms with E-state index < -0.39 is 10.9 Å². The van der Waals surface area contributed by atoms with E-state index in [9.17, 15) is 14.9 Å². The summed E-state index contributed by atoms with van der Waals surface area (Å²) in [6.07, 6.45) is 1.84. The van der Waals surface area contributed by atoms with Gasteiger partial charge in [0.2, 0.25) is 0 Å². The molecule has 0 saturated heterocycles. The molecular formula is C19H23N3O6. The Morgan fingerprint density at radius 1 is 1.14 bits per heavy atom. The van der Waals surface area contributed by atoms with Gasteiger partial charge in [0.1, 0.15) is 30.1 Å². The third-order valence-electron chi connectivity index (χ3n) is 3.74. The highest BCUT2D eigenvalue weighted by atomic mass is 16.6. The van der Waals surface area contributed by atoms with Crippen molar-refractivity contribution in [3.8, 4) is 11.5 Å². The fourth-order valence-corrected chi connectivity index (χ4v) is 2.23. The van der Waals surface area contributed by atoms with Gasteiger partial charge in [-0.1, -0.05) is 6.92 Å². The van der Waals surface area contributed by atoms with E-state index in [0.717, 1.165) is 5.75 Å². The number of anilines is 1. The van der Waals surface area contributed by atoms with Crippen molar-refractivity contribution in [1.29, 1.82) is 0 Å². The van der Waals surface area contributed by atoms with Crippen LogP contribution in [0.1, 0.15) is 20.3 Å². The molecule has 0 radical (unpaired) electrons. The molecule has 0 aliphatic heterocycles. The fourth-order valence-electron chi connectivity index (χ4n) is 2.23. The maximum atomic E-state index is 11.9. The molecule has 1 N–H and O–H groups in total. The Morgan fingerprint density at radius 2 is 1.82 bits per heavy atom. The summed E-state index contributed by atoms with van der Waals surface area (Å²) < 4.78 is 16.0. The van der Waals surface area contributed by atoms with E-state index in [0.29, 0.717) is 24.6 Å². The molecule has 0 aliphatic carbocycles. The fraction of sp³-hybridized carbons (Fsp3) is 0.368. The number of benzene rings is 1. The predicted octanol–water partition coefficient (Wildman–Crippen LogP) is 3.20. The Bertz CT molecular complexity index is 764. The van der Waals surface area contributed by atoms with Crippen molar-refractivity contribution < 1.29 is 23.9 Å². The SMILES string of the molecule is CCOc1ccc(OCC(=O)OCC(CC)Nc2ccc([N+](=O)[O-])cn2)cc1. The van der Waals surface area contributed by atoms with Crippen molar-refractivity contribution in [1.82, 2.24) is 4.98 Å². The molecule has 9 nitrogen and oxygen atoms in total. The normalized spacial score (nSPS) is 11.4. The van der Waals surface area contributed by atoms with E-state index in [1.54, 1.807) is 24.3 Å². The second-order valence-electron chi connectivity index (χ2n) is 5.78. The number of aromatic nitrogens is 1. The molecule has 2 aromatic rings. The molecule has 1 aromatic carbocycles. The van der Waals surface area contributed by atoms with Gasteiger partial charge in [0.25, 0.3) is 5.69 Å². The van der Waals surface area contributed by atoms with Gasteiger partial charge in [-0.15, -0.1) is 0 Å². The van der Waals surface area contributed by atoms with Crippen LogP contribution in [0, 0.1) is 10.1 Å². The molecule has 0 aliphatic rings. The van der Waals surface area contributed by atoms with Crippen molar-refractivity contribution in [3.05, 3.63) is 52.7 Å². The van der Waals surface area contributed by atoms with Crippen LogP contribution in [0.2, 0.25) is 0 Å². The third kappa shape index (κ3) is 6.75. The highest BCUT2D eigenvalue weighted by molar-refractivity contribution is 5.71. The van der Waals surface area contributed by atoms with Crippen LogP contribution in [0.15, 0.2) is 42.6 Å². The monoisotopic (exact) mass is 389 g/mol. The molecule has 0 saturated carbocycles. The smallest absolute Gasteiger partial charge is 0.344 e. The van der Waals surface area contributed by atoms with Crippen molar-refractivity contribution in [2.75, 3.05) is 25.1 Å². The Hall–Kier alpha value is -3.36. The predicted molar refractivity (Wildman–Crippen MR) is 103 cm³/mol. The topological polar surface area (TPSA) is 113 Å². The number of carbonyl (C=O) groups excluding carboxylic acids is 1. The van der Waals surface area contributed by atoms with Crippen molar-refractivity contribution in [3.63, 3.8) is 0 Å². The standard InChI is InChI=1S/C19H23N3O6/c1-3-14(21-18-10-5-15(11-20-18)22(24)25)12-28-19(23)13-27-17-8-6-16(7-9-17)26-4-2/h5-11,14H,3-4,12-13H2,1-2H3,(H,20,21). The third-order valence-corrected chi connectivity index (χ3v) is 3.74. The summed E-state index contributed by atoms with van der Waals surface area (Å²) >= 11 is 0. The lowest BCUT2D eigenvalue weighted by atomic mass is 10.2. The van der Waals surface area contributed by atoms with Crippen LogP contribution in [0.25, 0.3) is 0 Å². The van der Waals surface area contributed by atoms with E-state index in [4.69, 9.17) is 14.2 Å². The van der Waals surface area contributed by atoms with Crippen molar-refractivity contribution >= 4 is 17.5 Å². The summed E-state index contributed by atoms with van der Waals surface area (Å²) in [6, 6.07) is 9.65. The molecule has 1 heterocycles. The highest BCUT2D eigenvalue weighted by Gasteiger charge is 2.13. The zero-order valence-corrected chi connectivity index (χ0v) is 15.8. The van der Waals surface area contributed by atoms with Crippen LogP contribution in [-0.4, -0.2) is 41.7 Å². The van der Waals surface area contributed by atoms with Crippen LogP contribution in [0.5, 0.6) is 11.5 Å². The van der Waals surface area contributed by atoms with E-state index >= 15 is 0 Å². The first-order valence-electron chi connectivity index (χ1n) is 8.90. The molecule has 1 unspecified atom stereocenters. The number of hydrogen-bond acceptors (Lipinski definition) is 8. The first kappa shape index (κ1) is 20.9. The molecule has 28 heavy (non-hydrogen) atoms. The Kier molecular flexibility index (Phi) is 8.01. The van der Waals surface area contributed by atoms with Crippen LogP contribution in [0.3, 0.4) is 0 Å². The van der Waals surface area contributed by atoms with Gasteiger partial charge in [-0.05, 0) is 43.7 Å². The lowest BCUT2D eigenvalue weighted by Crippen LogP contribution is -2.28. The molecule has 1 atom stereocenters. The highest BCUT2D eigenvalue weighted by Crippen LogP contribution is 2.17. The minimum Gasteiger partial charge on any atom is -0.494 e. The number of rotatable bonds is 11. The second-order valence-corrected chi connectivity index (χ2v) is 5.78. The average molecular weight is 389 g/mol. The molecule has 9 heteroatoms. The second kappa shape index (κ2) is 10.7. The largest absolute Gasteiger partial charge is 0.494 e. The quantitative estimate of drug-likeness (QED) is 0.354.